The predicted octanol–water partition coefficient (Wildman–Crippen LogP) is 3.36. The maximum absolute atomic E-state index is 9.76. The fraction of sp³-hybridized carbons (Fsp3) is 0.278. The summed E-state index contributed by atoms with van der Waals surface area (Å²) in [4.78, 5) is 0. The second kappa shape index (κ2) is 4.82. The molecular formula is C18H17NO2. The molecule has 1 unspecified atom stereocenters. The molecule has 2 aromatic rings. The largest absolute Gasteiger partial charge is 0.508 e. The first-order valence-corrected chi connectivity index (χ1v) is 7.06. The average Bonchev–Trinajstić information content (AvgIpc) is 2.81. The van der Waals surface area contributed by atoms with Crippen molar-refractivity contribution in [3.63, 3.8) is 0 Å². The number of aryl methyl sites for hydroxylation is 2. The number of nitrogens with zero attached hydrogens (tertiary/aromatic N) is 1. The molecular weight excluding hydrogens is 262 g/mol. The quantitative estimate of drug-likeness (QED) is 0.886. The lowest BCUT2D eigenvalue weighted by Gasteiger charge is -2.22. The number of benzene rings is 2. The summed E-state index contributed by atoms with van der Waals surface area (Å²) in [6, 6.07) is 13.3. The summed E-state index contributed by atoms with van der Waals surface area (Å²) < 4.78 is 0. The number of aromatic hydroxyl groups is 2. The summed E-state index contributed by atoms with van der Waals surface area (Å²) in [5.74, 6) is 0.532. The molecule has 2 aromatic carbocycles. The number of hydrogen-bond donors (Lipinski definition) is 2. The highest BCUT2D eigenvalue weighted by Gasteiger charge is 2.39. The molecule has 3 rings (SSSR count). The van der Waals surface area contributed by atoms with Crippen molar-refractivity contribution in [1.82, 2.24) is 0 Å². The highest BCUT2D eigenvalue weighted by atomic mass is 16.3. The number of phenols is 2. The molecule has 106 valence electrons. The Labute approximate surface area is 124 Å². The van der Waals surface area contributed by atoms with Crippen LogP contribution in [-0.2, 0) is 18.3 Å². The van der Waals surface area contributed by atoms with E-state index in [4.69, 9.17) is 0 Å². The molecule has 1 atom stereocenters. The third-order valence-electron chi connectivity index (χ3n) is 4.41. The number of fused-ring (bicyclic) bond motifs is 1. The van der Waals surface area contributed by atoms with E-state index in [1.165, 1.54) is 0 Å². The fourth-order valence-corrected chi connectivity index (χ4v) is 3.25. The van der Waals surface area contributed by atoms with Gasteiger partial charge in [-0.05, 0) is 66.6 Å². The van der Waals surface area contributed by atoms with Crippen LogP contribution < -0.4 is 0 Å². The third-order valence-corrected chi connectivity index (χ3v) is 4.41. The lowest BCUT2D eigenvalue weighted by molar-refractivity contribution is 0.470. The summed E-state index contributed by atoms with van der Waals surface area (Å²) in [6.45, 7) is 1.86. The highest BCUT2D eigenvalue weighted by molar-refractivity contribution is 5.49. The van der Waals surface area contributed by atoms with Gasteiger partial charge in [0.2, 0.25) is 0 Å². The Bertz CT molecular complexity index is 745. The number of phenolic OH excluding ortho intramolecular Hbond substituents is 2. The lowest BCUT2D eigenvalue weighted by Crippen LogP contribution is -2.23. The molecule has 0 heterocycles. The van der Waals surface area contributed by atoms with Crippen molar-refractivity contribution in [2.75, 3.05) is 0 Å². The molecule has 0 spiro atoms. The summed E-state index contributed by atoms with van der Waals surface area (Å²) in [6.07, 6.45) is 2.21. The molecule has 3 nitrogen and oxygen atoms in total. The van der Waals surface area contributed by atoms with E-state index in [1.54, 1.807) is 18.2 Å². The molecule has 0 aromatic heterocycles. The molecule has 0 aliphatic heterocycles. The minimum atomic E-state index is -0.535. The minimum absolute atomic E-state index is 0.253. The van der Waals surface area contributed by atoms with Crippen molar-refractivity contribution in [1.29, 1.82) is 5.26 Å². The summed E-state index contributed by atoms with van der Waals surface area (Å²) in [5, 5.41) is 29.0. The molecule has 0 amide bonds. The maximum Gasteiger partial charge on any atom is 0.118 e. The Kier molecular flexibility index (Phi) is 3.10. The standard InChI is InChI=1S/C18H17NO2/c1-12-8-13(2-5-17(12)21)10-18(11-19)7-6-14-9-15(20)3-4-16(14)18/h2-5,8-9,20-21H,6-7,10H2,1H3. The van der Waals surface area contributed by atoms with Crippen LogP contribution in [0.5, 0.6) is 11.5 Å². The zero-order chi connectivity index (χ0) is 15.0. The average molecular weight is 279 g/mol. The van der Waals surface area contributed by atoms with E-state index in [9.17, 15) is 15.5 Å². The van der Waals surface area contributed by atoms with Crippen LogP contribution in [0.25, 0.3) is 0 Å². The van der Waals surface area contributed by atoms with Gasteiger partial charge in [0.1, 0.15) is 11.5 Å². The third kappa shape index (κ3) is 2.23. The molecule has 0 saturated carbocycles. The van der Waals surface area contributed by atoms with Gasteiger partial charge in [-0.3, -0.25) is 0 Å². The molecule has 0 bridgehead atoms. The zero-order valence-corrected chi connectivity index (χ0v) is 11.9. The number of hydrogen-bond acceptors (Lipinski definition) is 3. The van der Waals surface area contributed by atoms with E-state index in [1.807, 2.05) is 25.1 Å². The Morgan fingerprint density at radius 2 is 2.00 bits per heavy atom. The van der Waals surface area contributed by atoms with E-state index >= 15 is 0 Å². The first-order chi connectivity index (χ1) is 10.0. The van der Waals surface area contributed by atoms with Gasteiger partial charge in [0, 0.05) is 0 Å². The van der Waals surface area contributed by atoms with Gasteiger partial charge in [-0.15, -0.1) is 0 Å². The second-order valence-electron chi connectivity index (χ2n) is 5.83. The van der Waals surface area contributed by atoms with Crippen LogP contribution in [0.1, 0.15) is 28.7 Å². The molecule has 1 aliphatic carbocycles. The van der Waals surface area contributed by atoms with Gasteiger partial charge in [0.15, 0.2) is 0 Å². The molecule has 0 radical (unpaired) electrons. The van der Waals surface area contributed by atoms with Gasteiger partial charge < -0.3 is 10.2 Å². The highest BCUT2D eigenvalue weighted by Crippen LogP contribution is 2.42. The summed E-state index contributed by atoms with van der Waals surface area (Å²) in [5.41, 5.74) is 3.42. The van der Waals surface area contributed by atoms with E-state index < -0.39 is 5.41 Å². The zero-order valence-electron chi connectivity index (χ0n) is 11.9. The van der Waals surface area contributed by atoms with Crippen LogP contribution in [0.15, 0.2) is 36.4 Å². The second-order valence-corrected chi connectivity index (χ2v) is 5.83. The fourth-order valence-electron chi connectivity index (χ4n) is 3.25. The molecule has 0 fully saturated rings. The van der Waals surface area contributed by atoms with Gasteiger partial charge in [-0.2, -0.15) is 5.26 Å². The number of nitriles is 1. The number of rotatable bonds is 2. The predicted molar refractivity (Wildman–Crippen MR) is 80.3 cm³/mol. The summed E-state index contributed by atoms with van der Waals surface area (Å²) >= 11 is 0. The van der Waals surface area contributed by atoms with Crippen molar-refractivity contribution >= 4 is 0 Å². The summed E-state index contributed by atoms with van der Waals surface area (Å²) in [7, 11) is 0. The van der Waals surface area contributed by atoms with E-state index in [-0.39, 0.29) is 11.5 Å². The van der Waals surface area contributed by atoms with Crippen molar-refractivity contribution in [3.05, 3.63) is 58.7 Å². The van der Waals surface area contributed by atoms with E-state index in [2.05, 4.69) is 6.07 Å². The van der Waals surface area contributed by atoms with E-state index in [0.29, 0.717) is 6.42 Å². The Balaban J connectivity index is 2.00. The molecule has 1 aliphatic rings. The van der Waals surface area contributed by atoms with Gasteiger partial charge in [-0.1, -0.05) is 18.2 Å². The van der Waals surface area contributed by atoms with Gasteiger partial charge in [0.05, 0.1) is 11.5 Å². The van der Waals surface area contributed by atoms with Crippen LogP contribution >= 0.6 is 0 Å². The maximum atomic E-state index is 9.76. The van der Waals surface area contributed by atoms with Crippen LogP contribution in [0, 0.1) is 18.3 Å². The van der Waals surface area contributed by atoms with Crippen molar-refractivity contribution in [2.45, 2.75) is 31.6 Å². The van der Waals surface area contributed by atoms with Gasteiger partial charge >= 0.3 is 0 Å². The SMILES string of the molecule is Cc1cc(CC2(C#N)CCc3cc(O)ccc32)ccc1O. The monoisotopic (exact) mass is 279 g/mol. The van der Waals surface area contributed by atoms with Crippen LogP contribution in [0.3, 0.4) is 0 Å². The van der Waals surface area contributed by atoms with Gasteiger partial charge in [-0.25, -0.2) is 0 Å². The van der Waals surface area contributed by atoms with Crippen LogP contribution in [-0.4, -0.2) is 10.2 Å². The van der Waals surface area contributed by atoms with Crippen molar-refractivity contribution in [3.8, 4) is 17.6 Å². The molecule has 21 heavy (non-hydrogen) atoms. The molecule has 3 heteroatoms. The Morgan fingerprint density at radius 1 is 1.19 bits per heavy atom. The van der Waals surface area contributed by atoms with Crippen LogP contribution in [0.4, 0.5) is 0 Å². The van der Waals surface area contributed by atoms with Crippen molar-refractivity contribution < 1.29 is 10.2 Å². The normalized spacial score (nSPS) is 20.0. The first kappa shape index (κ1) is 13.5. The minimum Gasteiger partial charge on any atom is -0.508 e. The first-order valence-electron chi connectivity index (χ1n) is 7.06. The lowest BCUT2D eigenvalue weighted by atomic mass is 9.78. The van der Waals surface area contributed by atoms with Crippen molar-refractivity contribution in [2.24, 2.45) is 0 Å². The Hall–Kier alpha value is -2.47. The van der Waals surface area contributed by atoms with E-state index in [0.717, 1.165) is 35.1 Å². The molecule has 0 saturated heterocycles. The topological polar surface area (TPSA) is 64.2 Å². The Morgan fingerprint density at radius 3 is 2.71 bits per heavy atom. The van der Waals surface area contributed by atoms with Crippen LogP contribution in [0.2, 0.25) is 0 Å². The van der Waals surface area contributed by atoms with Gasteiger partial charge in [0.25, 0.3) is 0 Å². The smallest absolute Gasteiger partial charge is 0.118 e. The molecule has 2 N–H and O–H groups in total.